The Bertz CT molecular complexity index is 276. The Morgan fingerprint density at radius 1 is 1.50 bits per heavy atom. The van der Waals surface area contributed by atoms with Gasteiger partial charge in [-0.05, 0) is 6.08 Å². The number of allylic oxidation sites excluding steroid dienone is 1. The largest absolute Gasteiger partial charge is 0.479 e. The average Bonchev–Trinajstić information content (AvgIpc) is 2.15. The van der Waals surface area contributed by atoms with E-state index in [2.05, 4.69) is 25.9 Å². The van der Waals surface area contributed by atoms with Crippen molar-refractivity contribution in [1.82, 2.24) is 9.97 Å². The van der Waals surface area contributed by atoms with Crippen LogP contribution in [0.1, 0.15) is 5.69 Å². The van der Waals surface area contributed by atoms with E-state index in [0.29, 0.717) is 5.88 Å². The number of alkyl halides is 1. The summed E-state index contributed by atoms with van der Waals surface area (Å²) in [5, 5.41) is 0.798. The number of ether oxygens (including phenoxy) is 1. The van der Waals surface area contributed by atoms with Gasteiger partial charge >= 0.3 is 0 Å². The molecule has 0 aliphatic rings. The number of halogens is 1. The molecule has 0 bridgehead atoms. The van der Waals surface area contributed by atoms with E-state index in [4.69, 9.17) is 4.74 Å². The molecule has 1 aromatic heterocycles. The van der Waals surface area contributed by atoms with Crippen molar-refractivity contribution in [2.24, 2.45) is 0 Å². The van der Waals surface area contributed by atoms with Crippen molar-refractivity contribution in [2.75, 3.05) is 12.4 Å². The fraction of sp³-hybridized carbons (Fsp3) is 0.250. The van der Waals surface area contributed by atoms with Crippen molar-refractivity contribution in [3.8, 4) is 5.88 Å². The van der Waals surface area contributed by atoms with Gasteiger partial charge < -0.3 is 4.74 Å². The molecule has 0 N–H and O–H groups in total. The van der Waals surface area contributed by atoms with Crippen molar-refractivity contribution in [2.45, 2.75) is 0 Å². The average molecular weight is 229 g/mol. The molecule has 0 aromatic carbocycles. The Balaban J connectivity index is 2.89. The van der Waals surface area contributed by atoms with E-state index in [1.54, 1.807) is 19.5 Å². The van der Waals surface area contributed by atoms with Gasteiger partial charge in [-0.1, -0.05) is 22.0 Å². The standard InChI is InChI=1S/C8H9BrN2O/c1-12-8-7(3-2-4-9)10-5-6-11-8/h2-3,5-6H,4H2,1H3/b3-2-. The number of rotatable bonds is 3. The SMILES string of the molecule is COc1nccnc1/C=C\CBr. The summed E-state index contributed by atoms with van der Waals surface area (Å²) in [5.74, 6) is 0.551. The lowest BCUT2D eigenvalue weighted by Gasteiger charge is -1.99. The number of hydrogen-bond acceptors (Lipinski definition) is 3. The lowest BCUT2D eigenvalue weighted by Crippen LogP contribution is -1.92. The zero-order valence-corrected chi connectivity index (χ0v) is 8.28. The van der Waals surface area contributed by atoms with Crippen LogP contribution in [0.2, 0.25) is 0 Å². The summed E-state index contributed by atoms with van der Waals surface area (Å²) >= 11 is 3.28. The summed E-state index contributed by atoms with van der Waals surface area (Å²) in [6, 6.07) is 0. The molecular formula is C8H9BrN2O. The fourth-order valence-electron chi connectivity index (χ4n) is 0.764. The monoisotopic (exact) mass is 228 g/mol. The Hall–Kier alpha value is -0.900. The molecule has 0 aliphatic heterocycles. The molecule has 0 aliphatic carbocycles. The van der Waals surface area contributed by atoms with E-state index in [9.17, 15) is 0 Å². The molecule has 0 saturated carbocycles. The summed E-state index contributed by atoms with van der Waals surface area (Å²) < 4.78 is 5.00. The second-order valence-electron chi connectivity index (χ2n) is 2.01. The van der Waals surface area contributed by atoms with Gasteiger partial charge in [-0.2, -0.15) is 0 Å². The van der Waals surface area contributed by atoms with E-state index >= 15 is 0 Å². The summed E-state index contributed by atoms with van der Waals surface area (Å²) in [6.45, 7) is 0. The van der Waals surface area contributed by atoms with Gasteiger partial charge in [0.1, 0.15) is 5.69 Å². The molecule has 0 fully saturated rings. The van der Waals surface area contributed by atoms with Crippen LogP contribution in [0.4, 0.5) is 0 Å². The van der Waals surface area contributed by atoms with Crippen LogP contribution in [0.3, 0.4) is 0 Å². The van der Waals surface area contributed by atoms with E-state index in [-0.39, 0.29) is 0 Å². The first-order chi connectivity index (χ1) is 5.88. The second kappa shape index (κ2) is 4.87. The van der Waals surface area contributed by atoms with Crippen molar-refractivity contribution >= 4 is 22.0 Å². The zero-order chi connectivity index (χ0) is 8.81. The van der Waals surface area contributed by atoms with Crippen molar-refractivity contribution < 1.29 is 4.74 Å². The molecule has 1 heterocycles. The van der Waals surface area contributed by atoms with Crippen molar-refractivity contribution in [3.63, 3.8) is 0 Å². The van der Waals surface area contributed by atoms with Gasteiger partial charge in [-0.3, -0.25) is 0 Å². The lowest BCUT2D eigenvalue weighted by atomic mass is 10.4. The third-order valence-electron chi connectivity index (χ3n) is 1.25. The molecule has 0 saturated heterocycles. The van der Waals surface area contributed by atoms with Gasteiger partial charge in [0, 0.05) is 17.7 Å². The zero-order valence-electron chi connectivity index (χ0n) is 6.70. The van der Waals surface area contributed by atoms with Gasteiger partial charge in [0.05, 0.1) is 7.11 Å². The van der Waals surface area contributed by atoms with Crippen molar-refractivity contribution in [1.29, 1.82) is 0 Å². The quantitative estimate of drug-likeness (QED) is 0.742. The van der Waals surface area contributed by atoms with Gasteiger partial charge in [0.2, 0.25) is 5.88 Å². The molecule has 0 spiro atoms. The molecule has 4 heteroatoms. The number of methoxy groups -OCH3 is 1. The highest BCUT2D eigenvalue weighted by atomic mass is 79.9. The van der Waals surface area contributed by atoms with Crippen LogP contribution in [0.5, 0.6) is 5.88 Å². The third kappa shape index (κ3) is 2.30. The normalized spacial score (nSPS) is 10.5. The molecule has 64 valence electrons. The van der Waals surface area contributed by atoms with Crippen LogP contribution >= 0.6 is 15.9 Å². The highest BCUT2D eigenvalue weighted by Gasteiger charge is 1.98. The third-order valence-corrected chi connectivity index (χ3v) is 1.62. The van der Waals surface area contributed by atoms with Crippen LogP contribution in [0, 0.1) is 0 Å². The molecule has 0 unspecified atom stereocenters. The molecular weight excluding hydrogens is 220 g/mol. The number of aromatic nitrogens is 2. The molecule has 3 nitrogen and oxygen atoms in total. The Kier molecular flexibility index (Phi) is 3.73. The highest BCUT2D eigenvalue weighted by molar-refractivity contribution is 9.09. The highest BCUT2D eigenvalue weighted by Crippen LogP contribution is 2.11. The summed E-state index contributed by atoms with van der Waals surface area (Å²) in [4.78, 5) is 8.09. The van der Waals surface area contributed by atoms with Gasteiger partial charge in [0.15, 0.2) is 0 Å². The Morgan fingerprint density at radius 2 is 2.25 bits per heavy atom. The van der Waals surface area contributed by atoms with Crippen LogP contribution in [-0.4, -0.2) is 22.4 Å². The van der Waals surface area contributed by atoms with E-state index < -0.39 is 0 Å². The second-order valence-corrected chi connectivity index (χ2v) is 2.66. The smallest absolute Gasteiger partial charge is 0.239 e. The van der Waals surface area contributed by atoms with Crippen LogP contribution in [0.15, 0.2) is 18.5 Å². The maximum absolute atomic E-state index is 5.00. The van der Waals surface area contributed by atoms with Crippen LogP contribution in [0.25, 0.3) is 6.08 Å². The van der Waals surface area contributed by atoms with Gasteiger partial charge in [-0.15, -0.1) is 0 Å². The number of nitrogens with zero attached hydrogens (tertiary/aromatic N) is 2. The number of hydrogen-bond donors (Lipinski definition) is 0. The molecule has 12 heavy (non-hydrogen) atoms. The lowest BCUT2D eigenvalue weighted by molar-refractivity contribution is 0.394. The van der Waals surface area contributed by atoms with Crippen molar-refractivity contribution in [3.05, 3.63) is 24.2 Å². The maximum atomic E-state index is 5.00. The van der Waals surface area contributed by atoms with E-state index in [0.717, 1.165) is 11.0 Å². The van der Waals surface area contributed by atoms with Gasteiger partial charge in [0.25, 0.3) is 0 Å². The first-order valence-corrected chi connectivity index (χ1v) is 4.58. The predicted octanol–water partition coefficient (Wildman–Crippen LogP) is 1.89. The first kappa shape index (κ1) is 9.19. The fourth-order valence-corrected chi connectivity index (χ4v) is 0.951. The summed E-state index contributed by atoms with van der Waals surface area (Å²) in [7, 11) is 1.58. The summed E-state index contributed by atoms with van der Waals surface area (Å²) in [5.41, 5.74) is 0.749. The minimum Gasteiger partial charge on any atom is -0.479 e. The topological polar surface area (TPSA) is 35.0 Å². The van der Waals surface area contributed by atoms with E-state index in [1.165, 1.54) is 0 Å². The van der Waals surface area contributed by atoms with Crippen LogP contribution in [-0.2, 0) is 0 Å². The Morgan fingerprint density at radius 3 is 2.92 bits per heavy atom. The minimum absolute atomic E-state index is 0.551. The molecule has 0 atom stereocenters. The molecule has 0 amide bonds. The van der Waals surface area contributed by atoms with Crippen LogP contribution < -0.4 is 4.74 Å². The van der Waals surface area contributed by atoms with Gasteiger partial charge in [-0.25, -0.2) is 9.97 Å². The van der Waals surface area contributed by atoms with E-state index in [1.807, 2.05) is 12.2 Å². The first-order valence-electron chi connectivity index (χ1n) is 3.46. The maximum Gasteiger partial charge on any atom is 0.239 e. The summed E-state index contributed by atoms with van der Waals surface area (Å²) in [6.07, 6.45) is 7.04. The minimum atomic E-state index is 0.551. The molecule has 1 aromatic rings. The molecule has 0 radical (unpaired) electrons. The molecule has 1 rings (SSSR count). The predicted molar refractivity (Wildman–Crippen MR) is 51.4 cm³/mol. The Labute approximate surface area is 79.6 Å².